The van der Waals surface area contributed by atoms with Crippen molar-refractivity contribution in [1.82, 2.24) is 14.7 Å². The second-order valence-electron chi connectivity index (χ2n) is 6.15. The van der Waals surface area contributed by atoms with Gasteiger partial charge in [-0.15, -0.1) is 0 Å². The highest BCUT2D eigenvalue weighted by atomic mass is 79.9. The van der Waals surface area contributed by atoms with Gasteiger partial charge in [-0.1, -0.05) is 15.9 Å². The maximum absolute atomic E-state index is 12.7. The van der Waals surface area contributed by atoms with Gasteiger partial charge in [0.2, 0.25) is 15.9 Å². The first-order valence-electron chi connectivity index (χ1n) is 8.45. The van der Waals surface area contributed by atoms with Gasteiger partial charge in [0.05, 0.1) is 11.1 Å². The van der Waals surface area contributed by atoms with Crippen molar-refractivity contribution in [2.75, 3.05) is 13.1 Å². The molecule has 2 heterocycles. The third-order valence-electron chi connectivity index (χ3n) is 4.37. The molecule has 1 fully saturated rings. The third kappa shape index (κ3) is 5.00. The lowest BCUT2D eigenvalue weighted by Crippen LogP contribution is -2.42. The van der Waals surface area contributed by atoms with E-state index in [9.17, 15) is 13.2 Å². The SMILES string of the molecule is O=C(N/N=C\c1ccncc1)C1CCN(S(=O)(=O)c2ccc(Br)cc2)CC1. The molecule has 1 N–H and O–H groups in total. The number of halogens is 1. The normalized spacial score (nSPS) is 16.5. The molecule has 1 aromatic carbocycles. The molecule has 1 aliphatic rings. The lowest BCUT2D eigenvalue weighted by molar-refractivity contribution is -0.126. The Balaban J connectivity index is 1.54. The molecule has 0 bridgehead atoms. The Labute approximate surface area is 166 Å². The summed E-state index contributed by atoms with van der Waals surface area (Å²) < 4.78 is 27.6. The number of nitrogens with zero attached hydrogens (tertiary/aromatic N) is 3. The number of sulfonamides is 1. The van der Waals surface area contributed by atoms with Crippen LogP contribution in [0.25, 0.3) is 0 Å². The molecule has 2 aromatic rings. The highest BCUT2D eigenvalue weighted by Gasteiger charge is 2.32. The van der Waals surface area contributed by atoms with Gasteiger partial charge in [0.25, 0.3) is 0 Å². The smallest absolute Gasteiger partial charge is 0.243 e. The van der Waals surface area contributed by atoms with Crippen molar-refractivity contribution in [3.8, 4) is 0 Å². The second-order valence-corrected chi connectivity index (χ2v) is 9.00. The standard InChI is InChI=1S/C18H19BrN4O3S/c19-16-1-3-17(4-2-16)27(25,26)23-11-7-15(8-12-23)18(24)22-21-13-14-5-9-20-10-6-14/h1-6,9-10,13,15H,7-8,11-12H2,(H,22,24)/b21-13-. The van der Waals surface area contributed by atoms with Crippen LogP contribution in [0.15, 0.2) is 63.3 Å². The zero-order valence-electron chi connectivity index (χ0n) is 14.5. The molecule has 1 amide bonds. The molecule has 1 aliphatic heterocycles. The van der Waals surface area contributed by atoms with Gasteiger partial charge in [-0.05, 0) is 54.8 Å². The monoisotopic (exact) mass is 450 g/mol. The first-order chi connectivity index (χ1) is 13.0. The Morgan fingerprint density at radius 1 is 1.15 bits per heavy atom. The zero-order chi connectivity index (χ0) is 19.3. The van der Waals surface area contributed by atoms with Crippen molar-refractivity contribution in [2.24, 2.45) is 11.0 Å². The molecule has 3 rings (SSSR count). The summed E-state index contributed by atoms with van der Waals surface area (Å²) in [5.74, 6) is -0.447. The fourth-order valence-corrected chi connectivity index (χ4v) is 4.56. The average molecular weight is 451 g/mol. The van der Waals surface area contributed by atoms with Crippen LogP contribution in [0, 0.1) is 5.92 Å². The average Bonchev–Trinajstić information content (AvgIpc) is 2.69. The summed E-state index contributed by atoms with van der Waals surface area (Å²) >= 11 is 3.30. The fourth-order valence-electron chi connectivity index (χ4n) is 2.83. The molecule has 0 radical (unpaired) electrons. The van der Waals surface area contributed by atoms with E-state index >= 15 is 0 Å². The molecule has 0 saturated carbocycles. The van der Waals surface area contributed by atoms with Gasteiger partial charge >= 0.3 is 0 Å². The molecule has 9 heteroatoms. The first-order valence-corrected chi connectivity index (χ1v) is 10.7. The number of nitrogens with one attached hydrogen (secondary N) is 1. The number of carbonyl (C=O) groups is 1. The van der Waals surface area contributed by atoms with Crippen molar-refractivity contribution in [2.45, 2.75) is 17.7 Å². The Bertz CT molecular complexity index is 909. The molecule has 142 valence electrons. The van der Waals surface area contributed by atoms with E-state index in [-0.39, 0.29) is 16.7 Å². The largest absolute Gasteiger partial charge is 0.273 e. The predicted molar refractivity (Wildman–Crippen MR) is 106 cm³/mol. The maximum atomic E-state index is 12.7. The van der Waals surface area contributed by atoms with Crippen LogP contribution in [0.4, 0.5) is 0 Å². The van der Waals surface area contributed by atoms with Crippen molar-refractivity contribution < 1.29 is 13.2 Å². The quantitative estimate of drug-likeness (QED) is 0.558. The van der Waals surface area contributed by atoms with E-state index in [0.29, 0.717) is 25.9 Å². The van der Waals surface area contributed by atoms with Gasteiger partial charge in [0, 0.05) is 35.9 Å². The molecule has 27 heavy (non-hydrogen) atoms. The number of pyridine rings is 1. The van der Waals surface area contributed by atoms with E-state index in [1.54, 1.807) is 55.0 Å². The highest BCUT2D eigenvalue weighted by molar-refractivity contribution is 9.10. The van der Waals surface area contributed by atoms with Crippen molar-refractivity contribution in [3.05, 3.63) is 58.8 Å². The Kier molecular flexibility index (Phi) is 6.35. The van der Waals surface area contributed by atoms with Crippen LogP contribution in [0.1, 0.15) is 18.4 Å². The molecule has 0 unspecified atom stereocenters. The van der Waals surface area contributed by atoms with E-state index in [1.807, 2.05) is 0 Å². The third-order valence-corrected chi connectivity index (χ3v) is 6.81. The summed E-state index contributed by atoms with van der Waals surface area (Å²) in [6, 6.07) is 10.1. The Hall–Kier alpha value is -2.10. The van der Waals surface area contributed by atoms with Crippen LogP contribution in [0.5, 0.6) is 0 Å². The fraction of sp³-hybridized carbons (Fsp3) is 0.278. The number of hydrogen-bond acceptors (Lipinski definition) is 5. The van der Waals surface area contributed by atoms with E-state index in [0.717, 1.165) is 10.0 Å². The lowest BCUT2D eigenvalue weighted by atomic mass is 9.98. The predicted octanol–water partition coefficient (Wildman–Crippen LogP) is 2.40. The maximum Gasteiger partial charge on any atom is 0.243 e. The van der Waals surface area contributed by atoms with E-state index in [4.69, 9.17) is 0 Å². The second kappa shape index (κ2) is 8.73. The minimum atomic E-state index is -3.54. The molecule has 7 nitrogen and oxygen atoms in total. The van der Waals surface area contributed by atoms with E-state index < -0.39 is 10.0 Å². The summed E-state index contributed by atoms with van der Waals surface area (Å²) in [5, 5.41) is 3.95. The molecule has 1 saturated heterocycles. The number of rotatable bonds is 5. The molecule has 0 aliphatic carbocycles. The van der Waals surface area contributed by atoms with Gasteiger partial charge in [0.15, 0.2) is 0 Å². The van der Waals surface area contributed by atoms with Crippen molar-refractivity contribution >= 4 is 38.1 Å². The minimum absolute atomic E-state index is 0.194. The van der Waals surface area contributed by atoms with Gasteiger partial charge in [-0.3, -0.25) is 9.78 Å². The lowest BCUT2D eigenvalue weighted by Gasteiger charge is -2.30. The minimum Gasteiger partial charge on any atom is -0.273 e. The van der Waals surface area contributed by atoms with Crippen LogP contribution < -0.4 is 5.43 Å². The van der Waals surface area contributed by atoms with Gasteiger partial charge in [-0.2, -0.15) is 9.41 Å². The number of benzene rings is 1. The van der Waals surface area contributed by atoms with Crippen LogP contribution in [-0.2, 0) is 14.8 Å². The number of amides is 1. The van der Waals surface area contributed by atoms with Crippen LogP contribution in [0.2, 0.25) is 0 Å². The van der Waals surface area contributed by atoms with Gasteiger partial charge in [-0.25, -0.2) is 13.8 Å². The van der Waals surface area contributed by atoms with Crippen molar-refractivity contribution in [1.29, 1.82) is 0 Å². The summed E-state index contributed by atoms with van der Waals surface area (Å²) in [5.41, 5.74) is 3.36. The van der Waals surface area contributed by atoms with Crippen molar-refractivity contribution in [3.63, 3.8) is 0 Å². The van der Waals surface area contributed by atoms with Crippen LogP contribution >= 0.6 is 15.9 Å². The van der Waals surface area contributed by atoms with E-state index in [2.05, 4.69) is 31.4 Å². The van der Waals surface area contributed by atoms with Crippen LogP contribution in [0.3, 0.4) is 0 Å². The van der Waals surface area contributed by atoms with Crippen LogP contribution in [-0.4, -0.2) is 42.9 Å². The summed E-state index contributed by atoms with van der Waals surface area (Å²) in [6.45, 7) is 0.620. The zero-order valence-corrected chi connectivity index (χ0v) is 16.9. The summed E-state index contributed by atoms with van der Waals surface area (Å²) in [6.07, 6.45) is 5.76. The Morgan fingerprint density at radius 2 is 1.78 bits per heavy atom. The highest BCUT2D eigenvalue weighted by Crippen LogP contribution is 2.24. The topological polar surface area (TPSA) is 91.7 Å². The van der Waals surface area contributed by atoms with E-state index in [1.165, 1.54) is 4.31 Å². The number of carbonyl (C=O) groups excluding carboxylic acids is 1. The van der Waals surface area contributed by atoms with Gasteiger partial charge < -0.3 is 0 Å². The molecular formula is C18H19BrN4O3S. The molecule has 0 spiro atoms. The molecule has 1 aromatic heterocycles. The first kappa shape index (κ1) is 19.7. The molecular weight excluding hydrogens is 432 g/mol. The number of aromatic nitrogens is 1. The number of piperidine rings is 1. The number of hydrazone groups is 1. The Morgan fingerprint density at radius 3 is 2.41 bits per heavy atom. The number of hydrogen-bond donors (Lipinski definition) is 1. The van der Waals surface area contributed by atoms with Gasteiger partial charge in [0.1, 0.15) is 0 Å². The summed E-state index contributed by atoms with van der Waals surface area (Å²) in [4.78, 5) is 16.4. The molecule has 0 atom stereocenters. The summed E-state index contributed by atoms with van der Waals surface area (Å²) in [7, 11) is -3.54.